The molecule has 10 heteroatoms. The molecule has 0 unspecified atom stereocenters. The molecule has 0 bridgehead atoms. The molecule has 3 N–H and O–H groups in total. The molecule has 0 saturated carbocycles. The molecule has 0 spiro atoms. The summed E-state index contributed by atoms with van der Waals surface area (Å²) < 4.78 is 9.90. The molecule has 1 aromatic carbocycles. The molecule has 0 aliphatic carbocycles. The molecule has 1 aliphatic rings. The predicted molar refractivity (Wildman–Crippen MR) is 127 cm³/mol. The average molecular weight is 475 g/mol. The number of likely N-dealkylation sites (tertiary alicyclic amines) is 1. The summed E-state index contributed by atoms with van der Waals surface area (Å²) in [5.74, 6) is -0.907. The van der Waals surface area contributed by atoms with E-state index in [2.05, 4.69) is 16.0 Å². The Bertz CT molecular complexity index is 924. The van der Waals surface area contributed by atoms with Crippen LogP contribution in [0.5, 0.6) is 5.75 Å². The van der Waals surface area contributed by atoms with Gasteiger partial charge in [-0.25, -0.2) is 9.59 Å². The van der Waals surface area contributed by atoms with Crippen molar-refractivity contribution in [3.05, 3.63) is 35.9 Å². The van der Waals surface area contributed by atoms with Gasteiger partial charge < -0.3 is 30.3 Å². The summed E-state index contributed by atoms with van der Waals surface area (Å²) >= 11 is 0. The van der Waals surface area contributed by atoms with Gasteiger partial charge in [-0.1, -0.05) is 19.4 Å². The van der Waals surface area contributed by atoms with Crippen LogP contribution in [0.3, 0.4) is 0 Å². The van der Waals surface area contributed by atoms with Crippen LogP contribution < -0.4 is 20.7 Å². The second kappa shape index (κ2) is 12.1. The van der Waals surface area contributed by atoms with Gasteiger partial charge in [0.15, 0.2) is 0 Å². The Morgan fingerprint density at radius 3 is 2.26 bits per heavy atom. The highest BCUT2D eigenvalue weighted by Gasteiger charge is 2.41. The molecule has 1 saturated heterocycles. The summed E-state index contributed by atoms with van der Waals surface area (Å²) in [6.45, 7) is 7.30. The second-order valence-corrected chi connectivity index (χ2v) is 8.74. The van der Waals surface area contributed by atoms with Gasteiger partial charge in [0, 0.05) is 18.3 Å². The first-order valence-corrected chi connectivity index (χ1v) is 11.1. The number of allylic oxidation sites excluding steroid dienone is 1. The Morgan fingerprint density at radius 1 is 1.09 bits per heavy atom. The van der Waals surface area contributed by atoms with Crippen LogP contribution in [-0.4, -0.2) is 67.6 Å². The van der Waals surface area contributed by atoms with Crippen molar-refractivity contribution in [2.24, 2.45) is 5.92 Å². The number of nitrogens with zero attached hydrogens (tertiary/aromatic N) is 1. The molecule has 0 radical (unpaired) electrons. The first kappa shape index (κ1) is 26.7. The number of benzene rings is 1. The number of anilines is 1. The van der Waals surface area contributed by atoms with Crippen LogP contribution >= 0.6 is 0 Å². The lowest BCUT2D eigenvalue weighted by molar-refractivity contribution is -0.147. The smallest absolute Gasteiger partial charge is 0.328 e. The van der Waals surface area contributed by atoms with E-state index in [1.165, 1.54) is 18.1 Å². The van der Waals surface area contributed by atoms with Gasteiger partial charge >= 0.3 is 12.0 Å². The zero-order chi connectivity index (χ0) is 25.4. The number of ether oxygens (including phenoxy) is 2. The monoisotopic (exact) mass is 474 g/mol. The van der Waals surface area contributed by atoms with E-state index in [-0.39, 0.29) is 24.8 Å². The fourth-order valence-corrected chi connectivity index (χ4v) is 3.66. The van der Waals surface area contributed by atoms with Gasteiger partial charge in [-0.15, -0.1) is 0 Å². The lowest BCUT2D eigenvalue weighted by Gasteiger charge is -2.26. The molecule has 1 heterocycles. The largest absolute Gasteiger partial charge is 0.497 e. The lowest BCUT2D eigenvalue weighted by atomic mass is 10.0. The first-order valence-electron chi connectivity index (χ1n) is 11.1. The molecule has 10 nitrogen and oxygen atoms in total. The van der Waals surface area contributed by atoms with E-state index in [0.717, 1.165) is 5.57 Å². The predicted octanol–water partition coefficient (Wildman–Crippen LogP) is 2.07. The van der Waals surface area contributed by atoms with Crippen molar-refractivity contribution < 1.29 is 28.7 Å². The lowest BCUT2D eigenvalue weighted by Crippen LogP contribution is -2.52. The fraction of sp³-hybridized carbons (Fsp3) is 0.500. The molecule has 1 fully saturated rings. The summed E-state index contributed by atoms with van der Waals surface area (Å²) in [5, 5.41) is 8.25. The highest BCUT2D eigenvalue weighted by molar-refractivity contribution is 5.95. The number of urea groups is 1. The Kier molecular flexibility index (Phi) is 9.47. The van der Waals surface area contributed by atoms with Crippen LogP contribution in [0.15, 0.2) is 35.9 Å². The van der Waals surface area contributed by atoms with Crippen LogP contribution in [0, 0.1) is 5.92 Å². The zero-order valence-electron chi connectivity index (χ0n) is 20.5. The molecule has 0 aromatic heterocycles. The normalized spacial score (nSPS) is 18.0. The summed E-state index contributed by atoms with van der Waals surface area (Å²) in [5.41, 5.74) is 1.35. The van der Waals surface area contributed by atoms with E-state index in [0.29, 0.717) is 11.4 Å². The van der Waals surface area contributed by atoms with Gasteiger partial charge in [-0.2, -0.15) is 0 Å². The van der Waals surface area contributed by atoms with Crippen molar-refractivity contribution in [2.75, 3.05) is 26.1 Å². The average Bonchev–Trinajstić information content (AvgIpc) is 3.20. The Morgan fingerprint density at radius 2 is 1.74 bits per heavy atom. The van der Waals surface area contributed by atoms with Crippen LogP contribution in [0.1, 0.15) is 34.1 Å². The minimum Gasteiger partial charge on any atom is -0.497 e. The third kappa shape index (κ3) is 7.23. The minimum absolute atomic E-state index is 0.154. The SMILES string of the molecule is COC(=O)[C@H](NC(=O)[C@@H]1C[C@H](NC(=O)Nc2ccc(OC)cc2)CN1C(=O)C=C(C)C)C(C)C. The fourth-order valence-electron chi connectivity index (χ4n) is 3.66. The van der Waals surface area contributed by atoms with Gasteiger partial charge in [0.25, 0.3) is 0 Å². The Labute approximate surface area is 200 Å². The molecule has 3 atom stereocenters. The number of rotatable bonds is 8. The molecule has 186 valence electrons. The second-order valence-electron chi connectivity index (χ2n) is 8.74. The third-order valence-corrected chi connectivity index (χ3v) is 5.40. The highest BCUT2D eigenvalue weighted by Crippen LogP contribution is 2.21. The van der Waals surface area contributed by atoms with Crippen molar-refractivity contribution >= 4 is 29.5 Å². The van der Waals surface area contributed by atoms with E-state index in [4.69, 9.17) is 9.47 Å². The standard InChI is InChI=1S/C24H34N4O6/c1-14(2)11-20(29)28-13-17(26-24(32)25-16-7-9-18(33-5)10-8-16)12-19(28)22(30)27-21(15(3)4)23(31)34-6/h7-11,15,17,19,21H,12-13H2,1-6H3,(H,27,30)(H2,25,26,32)/t17-,19-,21+/m0/s1. The molecule has 1 aliphatic heterocycles. The van der Waals surface area contributed by atoms with Crippen molar-refractivity contribution in [2.45, 2.75) is 52.2 Å². The maximum atomic E-state index is 13.1. The van der Waals surface area contributed by atoms with Crippen LogP contribution in [0.25, 0.3) is 0 Å². The van der Waals surface area contributed by atoms with Crippen molar-refractivity contribution in [1.29, 1.82) is 0 Å². The molecule has 4 amide bonds. The van der Waals surface area contributed by atoms with E-state index >= 15 is 0 Å². The summed E-state index contributed by atoms with van der Waals surface area (Å²) in [6, 6.07) is 4.23. The third-order valence-electron chi connectivity index (χ3n) is 5.40. The van der Waals surface area contributed by atoms with Gasteiger partial charge in [0.1, 0.15) is 17.8 Å². The van der Waals surface area contributed by atoms with Gasteiger partial charge in [0.05, 0.1) is 20.3 Å². The van der Waals surface area contributed by atoms with E-state index < -0.39 is 36.0 Å². The number of nitrogens with one attached hydrogen (secondary N) is 3. The number of methoxy groups -OCH3 is 2. The van der Waals surface area contributed by atoms with Crippen LogP contribution in [0.4, 0.5) is 10.5 Å². The van der Waals surface area contributed by atoms with Crippen molar-refractivity contribution in [1.82, 2.24) is 15.5 Å². The van der Waals surface area contributed by atoms with Gasteiger partial charge in [-0.05, 0) is 50.5 Å². The van der Waals surface area contributed by atoms with E-state index in [1.807, 2.05) is 0 Å². The number of carbonyl (C=O) groups excluding carboxylic acids is 4. The number of amides is 4. The quantitative estimate of drug-likeness (QED) is 0.391. The van der Waals surface area contributed by atoms with E-state index in [1.54, 1.807) is 59.1 Å². The summed E-state index contributed by atoms with van der Waals surface area (Å²) in [7, 11) is 2.81. The van der Waals surface area contributed by atoms with Crippen LogP contribution in [0.2, 0.25) is 0 Å². The van der Waals surface area contributed by atoms with Crippen LogP contribution in [-0.2, 0) is 19.1 Å². The number of esters is 1. The highest BCUT2D eigenvalue weighted by atomic mass is 16.5. The zero-order valence-corrected chi connectivity index (χ0v) is 20.5. The molecule has 34 heavy (non-hydrogen) atoms. The molecular weight excluding hydrogens is 440 g/mol. The minimum atomic E-state index is -0.847. The molecule has 1 aromatic rings. The number of hydrogen-bond donors (Lipinski definition) is 3. The molecular formula is C24H34N4O6. The Hall–Kier alpha value is -3.56. The Balaban J connectivity index is 2.13. The molecule has 2 rings (SSSR count). The van der Waals surface area contributed by atoms with Crippen molar-refractivity contribution in [3.8, 4) is 5.75 Å². The van der Waals surface area contributed by atoms with Gasteiger partial charge in [0.2, 0.25) is 11.8 Å². The summed E-state index contributed by atoms with van der Waals surface area (Å²) in [6.07, 6.45) is 1.65. The topological polar surface area (TPSA) is 126 Å². The number of hydrogen-bond acceptors (Lipinski definition) is 6. The maximum absolute atomic E-state index is 13.1. The maximum Gasteiger partial charge on any atom is 0.328 e. The van der Waals surface area contributed by atoms with Crippen molar-refractivity contribution in [3.63, 3.8) is 0 Å². The van der Waals surface area contributed by atoms with E-state index in [9.17, 15) is 19.2 Å². The number of carbonyl (C=O) groups is 4. The summed E-state index contributed by atoms with van der Waals surface area (Å²) in [4.78, 5) is 51.9. The first-order chi connectivity index (χ1) is 16.0. The van der Waals surface area contributed by atoms with Gasteiger partial charge in [-0.3, -0.25) is 9.59 Å².